The average molecular weight is 370 g/mol. The number of aromatic nitrogens is 2. The van der Waals surface area contributed by atoms with Gasteiger partial charge in [-0.1, -0.05) is 12.1 Å². The van der Waals surface area contributed by atoms with E-state index in [2.05, 4.69) is 20.6 Å². The minimum absolute atomic E-state index is 0.0192. The lowest BCUT2D eigenvalue weighted by Crippen LogP contribution is -2.24. The molecule has 8 heteroatoms. The third-order valence-corrected chi connectivity index (χ3v) is 4.15. The second kappa shape index (κ2) is 7.96. The molecule has 0 aliphatic heterocycles. The number of anilines is 1. The van der Waals surface area contributed by atoms with E-state index in [-0.39, 0.29) is 17.4 Å². The molecule has 3 aromatic rings. The first-order chi connectivity index (χ1) is 13.0. The lowest BCUT2D eigenvalue weighted by Gasteiger charge is -2.21. The number of nitrogens with one attached hydrogen (secondary N) is 2. The molecule has 3 N–H and O–H groups in total. The van der Waals surface area contributed by atoms with Crippen LogP contribution in [0.3, 0.4) is 0 Å². The SMILES string of the molecule is CNC[C@@H](Nc1ncnc2c(C(=O)O)cc(OC)cc12)c1cccc(F)c1. The van der Waals surface area contributed by atoms with Gasteiger partial charge in [-0.25, -0.2) is 19.2 Å². The molecule has 0 radical (unpaired) electrons. The van der Waals surface area contributed by atoms with Gasteiger partial charge in [0.2, 0.25) is 0 Å². The zero-order valence-corrected chi connectivity index (χ0v) is 14.9. The summed E-state index contributed by atoms with van der Waals surface area (Å²) in [7, 11) is 3.25. The van der Waals surface area contributed by atoms with Gasteiger partial charge in [0, 0.05) is 11.9 Å². The number of halogens is 1. The summed E-state index contributed by atoms with van der Waals surface area (Å²) in [5.74, 6) is -0.627. The number of carboxylic acids is 1. The Morgan fingerprint density at radius 2 is 2.11 bits per heavy atom. The predicted molar refractivity (Wildman–Crippen MR) is 99.7 cm³/mol. The number of hydrogen-bond acceptors (Lipinski definition) is 6. The highest BCUT2D eigenvalue weighted by Crippen LogP contribution is 2.30. The van der Waals surface area contributed by atoms with Crippen LogP contribution in [0.4, 0.5) is 10.2 Å². The zero-order chi connectivity index (χ0) is 19.4. The molecule has 1 heterocycles. The fourth-order valence-electron chi connectivity index (χ4n) is 2.88. The molecule has 0 aliphatic rings. The Bertz CT molecular complexity index is 980. The van der Waals surface area contributed by atoms with Crippen molar-refractivity contribution >= 4 is 22.7 Å². The minimum Gasteiger partial charge on any atom is -0.497 e. The van der Waals surface area contributed by atoms with Crippen molar-refractivity contribution in [2.45, 2.75) is 6.04 Å². The summed E-state index contributed by atoms with van der Waals surface area (Å²) < 4.78 is 18.9. The first-order valence-corrected chi connectivity index (χ1v) is 8.26. The summed E-state index contributed by atoms with van der Waals surface area (Å²) in [5.41, 5.74) is 1.05. The van der Waals surface area contributed by atoms with Gasteiger partial charge in [0.05, 0.1) is 24.2 Å². The van der Waals surface area contributed by atoms with Gasteiger partial charge in [0.1, 0.15) is 23.7 Å². The number of carbonyl (C=O) groups is 1. The number of likely N-dealkylation sites (N-methyl/N-ethyl adjacent to an activating group) is 1. The van der Waals surface area contributed by atoms with E-state index in [0.717, 1.165) is 5.56 Å². The van der Waals surface area contributed by atoms with Gasteiger partial charge in [-0.05, 0) is 36.9 Å². The van der Waals surface area contributed by atoms with Crippen LogP contribution in [0, 0.1) is 5.82 Å². The molecule has 0 bridgehead atoms. The molecule has 140 valence electrons. The second-order valence-corrected chi connectivity index (χ2v) is 5.91. The van der Waals surface area contributed by atoms with Crippen molar-refractivity contribution in [3.05, 3.63) is 59.7 Å². The van der Waals surface area contributed by atoms with Gasteiger partial charge >= 0.3 is 5.97 Å². The van der Waals surface area contributed by atoms with Crippen LogP contribution in [0.15, 0.2) is 42.7 Å². The fourth-order valence-corrected chi connectivity index (χ4v) is 2.88. The van der Waals surface area contributed by atoms with Gasteiger partial charge in [-0.3, -0.25) is 0 Å². The molecule has 1 aromatic heterocycles. The Labute approximate surface area is 155 Å². The Morgan fingerprint density at radius 1 is 1.30 bits per heavy atom. The average Bonchev–Trinajstić information content (AvgIpc) is 2.67. The Morgan fingerprint density at radius 3 is 2.78 bits per heavy atom. The molecule has 0 unspecified atom stereocenters. The molecule has 1 atom stereocenters. The number of ether oxygens (including phenoxy) is 1. The van der Waals surface area contributed by atoms with Crippen molar-refractivity contribution < 1.29 is 19.0 Å². The largest absolute Gasteiger partial charge is 0.497 e. The van der Waals surface area contributed by atoms with Crippen LogP contribution in [-0.4, -0.2) is 41.7 Å². The monoisotopic (exact) mass is 370 g/mol. The highest BCUT2D eigenvalue weighted by atomic mass is 19.1. The number of nitrogens with zero attached hydrogens (tertiary/aromatic N) is 2. The Balaban J connectivity index is 2.09. The van der Waals surface area contributed by atoms with Gasteiger partial charge in [0.25, 0.3) is 0 Å². The van der Waals surface area contributed by atoms with Crippen molar-refractivity contribution in [2.24, 2.45) is 0 Å². The zero-order valence-electron chi connectivity index (χ0n) is 14.9. The molecule has 7 nitrogen and oxygen atoms in total. The Hall–Kier alpha value is -3.26. The van der Waals surface area contributed by atoms with Gasteiger partial charge in [-0.15, -0.1) is 0 Å². The second-order valence-electron chi connectivity index (χ2n) is 5.91. The van der Waals surface area contributed by atoms with E-state index in [4.69, 9.17) is 4.74 Å². The van der Waals surface area contributed by atoms with E-state index in [0.29, 0.717) is 29.0 Å². The summed E-state index contributed by atoms with van der Waals surface area (Å²) in [5, 5.41) is 16.3. The standard InChI is InChI=1S/C19H19FN4O3/c1-21-9-16(11-4-3-5-12(20)6-11)24-18-14-7-13(27-2)8-15(19(25)26)17(14)22-10-23-18/h3-8,10,16,21H,9H2,1-2H3,(H,25,26)(H,22,23,24)/t16-/m1/s1. The summed E-state index contributed by atoms with van der Waals surface area (Å²) >= 11 is 0. The maximum Gasteiger partial charge on any atom is 0.338 e. The molecule has 0 fully saturated rings. The number of rotatable bonds is 7. The van der Waals surface area contributed by atoms with Crippen molar-refractivity contribution in [1.29, 1.82) is 0 Å². The van der Waals surface area contributed by atoms with Gasteiger partial charge < -0.3 is 20.5 Å². The number of carboxylic acid groups (broad SMARTS) is 1. The van der Waals surface area contributed by atoms with Crippen LogP contribution in [0.1, 0.15) is 22.0 Å². The van der Waals surface area contributed by atoms with E-state index < -0.39 is 5.97 Å². The van der Waals surface area contributed by atoms with Crippen LogP contribution in [0.2, 0.25) is 0 Å². The Kier molecular flexibility index (Phi) is 5.46. The summed E-state index contributed by atoms with van der Waals surface area (Å²) in [4.78, 5) is 20.0. The van der Waals surface area contributed by atoms with E-state index in [1.165, 1.54) is 31.6 Å². The van der Waals surface area contributed by atoms with Crippen molar-refractivity contribution in [3.8, 4) is 5.75 Å². The van der Waals surface area contributed by atoms with Crippen LogP contribution in [0.25, 0.3) is 10.9 Å². The van der Waals surface area contributed by atoms with Crippen molar-refractivity contribution in [1.82, 2.24) is 15.3 Å². The van der Waals surface area contributed by atoms with Crippen LogP contribution in [-0.2, 0) is 0 Å². The number of benzene rings is 2. The summed E-state index contributed by atoms with van der Waals surface area (Å²) in [6.45, 7) is 0.505. The normalized spacial score (nSPS) is 12.0. The lowest BCUT2D eigenvalue weighted by molar-refractivity contribution is 0.0698. The molecule has 0 aliphatic carbocycles. The van der Waals surface area contributed by atoms with E-state index in [1.807, 2.05) is 6.07 Å². The van der Waals surface area contributed by atoms with Crippen molar-refractivity contribution in [3.63, 3.8) is 0 Å². The van der Waals surface area contributed by atoms with Crippen molar-refractivity contribution in [2.75, 3.05) is 26.0 Å². The molecule has 0 saturated heterocycles. The lowest BCUT2D eigenvalue weighted by atomic mass is 10.1. The van der Waals surface area contributed by atoms with Gasteiger partial charge in [0.15, 0.2) is 0 Å². The maximum atomic E-state index is 13.6. The smallest absolute Gasteiger partial charge is 0.338 e. The number of methoxy groups -OCH3 is 1. The molecule has 0 amide bonds. The molecule has 0 saturated carbocycles. The fraction of sp³-hybridized carbons (Fsp3) is 0.211. The van der Waals surface area contributed by atoms with Crippen LogP contribution < -0.4 is 15.4 Å². The molecular weight excluding hydrogens is 351 g/mol. The third kappa shape index (κ3) is 3.95. The van der Waals surface area contributed by atoms with E-state index >= 15 is 0 Å². The first-order valence-electron chi connectivity index (χ1n) is 8.26. The molecule has 0 spiro atoms. The molecular formula is C19H19FN4O3. The molecule has 27 heavy (non-hydrogen) atoms. The molecule has 3 rings (SSSR count). The van der Waals surface area contributed by atoms with Gasteiger partial charge in [-0.2, -0.15) is 0 Å². The number of aromatic carboxylic acids is 1. The molecule has 2 aromatic carbocycles. The quantitative estimate of drug-likeness (QED) is 0.588. The predicted octanol–water partition coefficient (Wildman–Crippen LogP) is 2.85. The highest BCUT2D eigenvalue weighted by molar-refractivity contribution is 6.05. The summed E-state index contributed by atoms with van der Waals surface area (Å²) in [6.07, 6.45) is 1.30. The van der Waals surface area contributed by atoms with Crippen LogP contribution >= 0.6 is 0 Å². The number of fused-ring (bicyclic) bond motifs is 1. The van der Waals surface area contributed by atoms with E-state index in [1.54, 1.807) is 19.2 Å². The first kappa shape index (κ1) is 18.5. The highest BCUT2D eigenvalue weighted by Gasteiger charge is 2.18. The van der Waals surface area contributed by atoms with E-state index in [9.17, 15) is 14.3 Å². The minimum atomic E-state index is -1.11. The number of hydrogen-bond donors (Lipinski definition) is 3. The topological polar surface area (TPSA) is 96.4 Å². The van der Waals surface area contributed by atoms with Crippen LogP contribution in [0.5, 0.6) is 5.75 Å². The third-order valence-electron chi connectivity index (χ3n) is 4.15. The summed E-state index contributed by atoms with van der Waals surface area (Å²) in [6, 6.07) is 9.07. The maximum absolute atomic E-state index is 13.6.